The van der Waals surface area contributed by atoms with E-state index in [-0.39, 0.29) is 6.04 Å². The van der Waals surface area contributed by atoms with Crippen molar-refractivity contribution in [3.05, 3.63) is 51.5 Å². The predicted octanol–water partition coefficient (Wildman–Crippen LogP) is 3.85. The average Bonchev–Trinajstić information content (AvgIpc) is 2.67. The highest BCUT2D eigenvalue weighted by molar-refractivity contribution is 7.11. The Labute approximate surface area is 113 Å². The number of nitrogens with one attached hydrogen (secondary N) is 1. The van der Waals surface area contributed by atoms with Crippen molar-refractivity contribution in [3.63, 3.8) is 0 Å². The highest BCUT2D eigenvalue weighted by Crippen LogP contribution is 2.28. The quantitative estimate of drug-likeness (QED) is 0.903. The molecule has 2 aromatic rings. The van der Waals surface area contributed by atoms with Gasteiger partial charge in [0.2, 0.25) is 0 Å². The van der Waals surface area contributed by atoms with Crippen LogP contribution in [0.1, 0.15) is 41.0 Å². The molecule has 1 atom stereocenters. The number of aryl methyl sites for hydroxylation is 2. The summed E-state index contributed by atoms with van der Waals surface area (Å²) in [5, 5.41) is 4.76. The molecule has 0 bridgehead atoms. The maximum Gasteiger partial charge on any atom is 0.115 e. The van der Waals surface area contributed by atoms with Crippen molar-refractivity contribution < 1.29 is 0 Å². The van der Waals surface area contributed by atoms with Crippen molar-refractivity contribution in [3.8, 4) is 0 Å². The normalized spacial score (nSPS) is 12.9. The Morgan fingerprint density at radius 3 is 2.28 bits per heavy atom. The minimum atomic E-state index is 0.198. The molecule has 0 spiro atoms. The van der Waals surface area contributed by atoms with Gasteiger partial charge >= 0.3 is 0 Å². The molecule has 1 N–H and O–H groups in total. The van der Waals surface area contributed by atoms with E-state index in [2.05, 4.69) is 57.3 Å². The fraction of sp³-hybridized carbons (Fsp3) is 0.400. The molecule has 0 aliphatic carbocycles. The van der Waals surface area contributed by atoms with Gasteiger partial charge in [-0.05, 0) is 33.3 Å². The molecule has 1 unspecified atom stereocenters. The molecule has 0 fully saturated rings. The molecule has 0 saturated heterocycles. The third-order valence-electron chi connectivity index (χ3n) is 2.92. The largest absolute Gasteiger partial charge is 0.302 e. The lowest BCUT2D eigenvalue weighted by Crippen LogP contribution is -2.28. The Kier molecular flexibility index (Phi) is 4.15. The zero-order valence-corrected chi connectivity index (χ0v) is 12.2. The first-order valence-corrected chi connectivity index (χ1v) is 7.14. The van der Waals surface area contributed by atoms with Gasteiger partial charge in [-0.15, -0.1) is 11.3 Å². The summed E-state index contributed by atoms with van der Waals surface area (Å²) in [5.74, 6) is 0. The fourth-order valence-corrected chi connectivity index (χ4v) is 2.92. The number of rotatable bonds is 4. The molecule has 1 aromatic heterocycles. The molecule has 1 heterocycles. The molecule has 2 rings (SSSR count). The van der Waals surface area contributed by atoms with Crippen LogP contribution in [0.25, 0.3) is 0 Å². The van der Waals surface area contributed by atoms with E-state index >= 15 is 0 Å². The van der Waals surface area contributed by atoms with Crippen LogP contribution in [0.15, 0.2) is 30.3 Å². The number of nitrogens with zero attached hydrogens (tertiary/aromatic N) is 1. The Morgan fingerprint density at radius 1 is 1.11 bits per heavy atom. The van der Waals surface area contributed by atoms with E-state index in [1.54, 1.807) is 11.3 Å². The summed E-state index contributed by atoms with van der Waals surface area (Å²) in [7, 11) is 0. The first kappa shape index (κ1) is 13.2. The van der Waals surface area contributed by atoms with E-state index < -0.39 is 0 Å². The molecular formula is C15H20N2S. The molecule has 96 valence electrons. The molecule has 0 saturated carbocycles. The average molecular weight is 260 g/mol. The van der Waals surface area contributed by atoms with E-state index in [1.165, 1.54) is 10.4 Å². The molecule has 18 heavy (non-hydrogen) atoms. The van der Waals surface area contributed by atoms with Gasteiger partial charge in [0.15, 0.2) is 0 Å². The van der Waals surface area contributed by atoms with Gasteiger partial charge in [0.1, 0.15) is 5.01 Å². The van der Waals surface area contributed by atoms with Gasteiger partial charge in [-0.1, -0.05) is 30.3 Å². The Balaban J connectivity index is 2.36. The maximum atomic E-state index is 4.70. The molecular weight excluding hydrogens is 240 g/mol. The first-order chi connectivity index (χ1) is 8.58. The number of thiazole rings is 1. The highest BCUT2D eigenvalue weighted by atomic mass is 32.1. The second-order valence-electron chi connectivity index (χ2n) is 4.86. The van der Waals surface area contributed by atoms with Gasteiger partial charge in [-0.3, -0.25) is 0 Å². The van der Waals surface area contributed by atoms with Gasteiger partial charge in [0.25, 0.3) is 0 Å². The number of hydrogen-bond donors (Lipinski definition) is 1. The summed E-state index contributed by atoms with van der Waals surface area (Å²) < 4.78 is 0. The second-order valence-corrected chi connectivity index (χ2v) is 6.09. The summed E-state index contributed by atoms with van der Waals surface area (Å²) in [4.78, 5) is 6.00. The lowest BCUT2D eigenvalue weighted by Gasteiger charge is -2.19. The Bertz CT molecular complexity index is 483. The van der Waals surface area contributed by atoms with Crippen LogP contribution >= 0.6 is 11.3 Å². The Hall–Kier alpha value is -1.19. The standard InChI is InChI=1S/C15H20N2S/c1-10(2)16-14(13-8-6-5-7-9-13)15-17-11(3)12(4)18-15/h5-10,14,16H,1-4H3. The van der Waals surface area contributed by atoms with Gasteiger partial charge in [0, 0.05) is 10.9 Å². The Morgan fingerprint density at radius 2 is 1.78 bits per heavy atom. The van der Waals surface area contributed by atoms with Crippen LogP contribution in [0, 0.1) is 13.8 Å². The number of hydrogen-bond acceptors (Lipinski definition) is 3. The maximum absolute atomic E-state index is 4.70. The molecule has 0 radical (unpaired) electrons. The van der Waals surface area contributed by atoms with Crippen molar-refractivity contribution in [2.45, 2.75) is 39.8 Å². The van der Waals surface area contributed by atoms with E-state index in [1.807, 2.05) is 6.07 Å². The zero-order valence-electron chi connectivity index (χ0n) is 11.4. The topological polar surface area (TPSA) is 24.9 Å². The van der Waals surface area contributed by atoms with Crippen molar-refractivity contribution in [1.82, 2.24) is 10.3 Å². The minimum absolute atomic E-state index is 0.198. The van der Waals surface area contributed by atoms with Crippen LogP contribution in [0.2, 0.25) is 0 Å². The van der Waals surface area contributed by atoms with E-state index in [9.17, 15) is 0 Å². The van der Waals surface area contributed by atoms with Gasteiger partial charge in [-0.25, -0.2) is 4.98 Å². The smallest absolute Gasteiger partial charge is 0.115 e. The molecule has 0 amide bonds. The van der Waals surface area contributed by atoms with Gasteiger partial charge in [0.05, 0.1) is 11.7 Å². The van der Waals surface area contributed by atoms with Crippen LogP contribution in [0.4, 0.5) is 0 Å². The summed E-state index contributed by atoms with van der Waals surface area (Å²) in [5.41, 5.74) is 2.42. The van der Waals surface area contributed by atoms with Crippen LogP contribution in [-0.2, 0) is 0 Å². The highest BCUT2D eigenvalue weighted by Gasteiger charge is 2.19. The van der Waals surface area contributed by atoms with E-state index in [0.29, 0.717) is 6.04 Å². The minimum Gasteiger partial charge on any atom is -0.302 e. The monoisotopic (exact) mass is 260 g/mol. The lowest BCUT2D eigenvalue weighted by molar-refractivity contribution is 0.526. The summed E-state index contributed by atoms with van der Waals surface area (Å²) in [6.45, 7) is 8.55. The summed E-state index contributed by atoms with van der Waals surface area (Å²) in [6, 6.07) is 11.2. The SMILES string of the molecule is Cc1nc(C(NC(C)C)c2ccccc2)sc1C. The van der Waals surface area contributed by atoms with Crippen LogP contribution < -0.4 is 5.32 Å². The lowest BCUT2D eigenvalue weighted by atomic mass is 10.1. The molecule has 1 aromatic carbocycles. The molecule has 0 aliphatic heterocycles. The third-order valence-corrected chi connectivity index (χ3v) is 4.06. The van der Waals surface area contributed by atoms with Gasteiger partial charge in [-0.2, -0.15) is 0 Å². The zero-order chi connectivity index (χ0) is 13.1. The summed E-state index contributed by atoms with van der Waals surface area (Å²) in [6.07, 6.45) is 0. The fourth-order valence-electron chi connectivity index (χ4n) is 1.91. The van der Waals surface area contributed by atoms with E-state index in [4.69, 9.17) is 4.98 Å². The summed E-state index contributed by atoms with van der Waals surface area (Å²) >= 11 is 1.79. The predicted molar refractivity (Wildman–Crippen MR) is 78.1 cm³/mol. The van der Waals surface area contributed by atoms with Crippen molar-refractivity contribution >= 4 is 11.3 Å². The van der Waals surface area contributed by atoms with Crippen LogP contribution in [0.3, 0.4) is 0 Å². The third kappa shape index (κ3) is 2.98. The van der Waals surface area contributed by atoms with Crippen molar-refractivity contribution in [1.29, 1.82) is 0 Å². The number of benzene rings is 1. The first-order valence-electron chi connectivity index (χ1n) is 6.33. The second kappa shape index (κ2) is 5.63. The molecule has 0 aliphatic rings. The van der Waals surface area contributed by atoms with Crippen LogP contribution in [-0.4, -0.2) is 11.0 Å². The number of aromatic nitrogens is 1. The van der Waals surface area contributed by atoms with Crippen molar-refractivity contribution in [2.75, 3.05) is 0 Å². The van der Waals surface area contributed by atoms with Crippen LogP contribution in [0.5, 0.6) is 0 Å². The van der Waals surface area contributed by atoms with Crippen molar-refractivity contribution in [2.24, 2.45) is 0 Å². The van der Waals surface area contributed by atoms with E-state index in [0.717, 1.165) is 10.7 Å². The molecule has 2 nitrogen and oxygen atoms in total. The van der Waals surface area contributed by atoms with Gasteiger partial charge < -0.3 is 5.32 Å². The molecule has 3 heteroatoms.